The van der Waals surface area contributed by atoms with Crippen molar-refractivity contribution in [1.29, 1.82) is 0 Å². The number of benzene rings is 1. The van der Waals surface area contributed by atoms with Crippen LogP contribution in [0.15, 0.2) is 48.1 Å². The summed E-state index contributed by atoms with van der Waals surface area (Å²) in [6.45, 7) is 0. The van der Waals surface area contributed by atoms with E-state index in [9.17, 15) is 13.6 Å². The van der Waals surface area contributed by atoms with Crippen molar-refractivity contribution in [1.82, 2.24) is 14.4 Å². The third-order valence-corrected chi connectivity index (χ3v) is 5.00. The number of imidazole rings is 1. The molecule has 1 aromatic carbocycles. The Labute approximate surface area is 162 Å². The number of fused-ring (bicyclic) bond motifs is 1. The van der Waals surface area contributed by atoms with E-state index in [-0.39, 0.29) is 17.8 Å². The van der Waals surface area contributed by atoms with Crippen LogP contribution in [0.5, 0.6) is 0 Å². The summed E-state index contributed by atoms with van der Waals surface area (Å²) in [6, 6.07) is 7.28. The van der Waals surface area contributed by atoms with Crippen LogP contribution in [0.25, 0.3) is 16.2 Å². The lowest BCUT2D eigenvalue weighted by Crippen LogP contribution is -2.08. The van der Waals surface area contributed by atoms with Gasteiger partial charge in [-0.25, -0.2) is 13.8 Å². The molecular formula is C19H14F2N4O2S. The second-order valence-electron chi connectivity index (χ2n) is 5.89. The molecule has 0 spiro atoms. The second-order valence-corrected chi connectivity index (χ2v) is 6.73. The zero-order valence-electron chi connectivity index (χ0n) is 14.6. The molecule has 0 aliphatic heterocycles. The molecule has 142 valence electrons. The lowest BCUT2D eigenvalue weighted by Gasteiger charge is -2.10. The van der Waals surface area contributed by atoms with Gasteiger partial charge in [-0.15, -0.1) is 11.3 Å². The van der Waals surface area contributed by atoms with Gasteiger partial charge in [-0.2, -0.15) is 0 Å². The Morgan fingerprint density at radius 1 is 1.25 bits per heavy atom. The molecule has 28 heavy (non-hydrogen) atoms. The predicted molar refractivity (Wildman–Crippen MR) is 102 cm³/mol. The van der Waals surface area contributed by atoms with Gasteiger partial charge in [-0.1, -0.05) is 0 Å². The number of thiazole rings is 1. The number of pyridine rings is 1. The Kier molecular flexibility index (Phi) is 4.74. The molecule has 0 amide bonds. The molecule has 0 unspecified atom stereocenters. The summed E-state index contributed by atoms with van der Waals surface area (Å²) in [7, 11) is 1.31. The van der Waals surface area contributed by atoms with E-state index >= 15 is 0 Å². The lowest BCUT2D eigenvalue weighted by atomic mass is 10.2. The number of nitrogens with zero attached hydrogens (tertiary/aromatic N) is 3. The molecule has 0 saturated carbocycles. The fourth-order valence-electron chi connectivity index (χ4n) is 2.80. The normalized spacial score (nSPS) is 11.0. The van der Waals surface area contributed by atoms with Crippen molar-refractivity contribution < 1.29 is 18.3 Å². The average molecular weight is 400 g/mol. The van der Waals surface area contributed by atoms with Crippen LogP contribution in [0.4, 0.5) is 20.3 Å². The van der Waals surface area contributed by atoms with E-state index in [0.717, 1.165) is 6.20 Å². The SMILES string of the molecule is COC(=O)Cc1csc2nc(-c3ccncc3F)c(Nc3ccc(F)cc3)n12. The first-order chi connectivity index (χ1) is 13.6. The molecule has 1 N–H and O–H groups in total. The minimum atomic E-state index is -0.523. The largest absolute Gasteiger partial charge is 0.469 e. The van der Waals surface area contributed by atoms with Gasteiger partial charge in [-0.3, -0.25) is 14.2 Å². The van der Waals surface area contributed by atoms with Crippen LogP contribution in [0.2, 0.25) is 0 Å². The molecule has 0 atom stereocenters. The standard InChI is InChI=1S/C19H14F2N4O2S/c1-27-16(26)8-13-10-28-19-24-17(14-6-7-22-9-15(14)21)18(25(13)19)23-12-4-2-11(20)3-5-12/h2-7,9-10,23H,8H2,1H3. The first-order valence-corrected chi connectivity index (χ1v) is 9.13. The monoisotopic (exact) mass is 400 g/mol. The summed E-state index contributed by atoms with van der Waals surface area (Å²) < 4.78 is 34.1. The van der Waals surface area contributed by atoms with Crippen molar-refractivity contribution in [3.8, 4) is 11.3 Å². The first kappa shape index (κ1) is 18.1. The zero-order chi connectivity index (χ0) is 19.7. The van der Waals surface area contributed by atoms with E-state index in [1.54, 1.807) is 21.9 Å². The molecule has 3 heterocycles. The van der Waals surface area contributed by atoms with Crippen molar-refractivity contribution >= 4 is 33.8 Å². The van der Waals surface area contributed by atoms with Crippen molar-refractivity contribution in [2.24, 2.45) is 0 Å². The Bertz CT molecular complexity index is 1150. The molecule has 0 fully saturated rings. The Hall–Kier alpha value is -3.33. The Balaban J connectivity index is 1.89. The summed E-state index contributed by atoms with van der Waals surface area (Å²) in [5.41, 5.74) is 1.86. The summed E-state index contributed by atoms with van der Waals surface area (Å²) >= 11 is 1.32. The topological polar surface area (TPSA) is 68.5 Å². The van der Waals surface area contributed by atoms with Gasteiger partial charge in [0.05, 0.1) is 19.7 Å². The van der Waals surface area contributed by atoms with Crippen LogP contribution < -0.4 is 5.32 Å². The number of hydrogen-bond donors (Lipinski definition) is 1. The van der Waals surface area contributed by atoms with E-state index < -0.39 is 11.8 Å². The number of carbonyl (C=O) groups excluding carboxylic acids is 1. The molecule has 0 bridgehead atoms. The van der Waals surface area contributed by atoms with Gasteiger partial charge in [0.1, 0.15) is 17.3 Å². The summed E-state index contributed by atoms with van der Waals surface area (Å²) in [5.74, 6) is -0.833. The maximum atomic E-state index is 14.4. The van der Waals surface area contributed by atoms with Crippen molar-refractivity contribution in [3.63, 3.8) is 0 Å². The number of aromatic nitrogens is 3. The van der Waals surface area contributed by atoms with Crippen molar-refractivity contribution in [2.75, 3.05) is 12.4 Å². The highest BCUT2D eigenvalue weighted by molar-refractivity contribution is 7.15. The van der Waals surface area contributed by atoms with Gasteiger partial charge >= 0.3 is 5.97 Å². The van der Waals surface area contributed by atoms with Crippen molar-refractivity contribution in [3.05, 3.63) is 65.4 Å². The highest BCUT2D eigenvalue weighted by atomic mass is 32.1. The Morgan fingerprint density at radius 3 is 2.75 bits per heavy atom. The highest BCUT2D eigenvalue weighted by Gasteiger charge is 2.22. The molecule has 3 aromatic heterocycles. The third-order valence-electron chi connectivity index (χ3n) is 4.12. The molecule has 0 saturated heterocycles. The number of carbonyl (C=O) groups is 1. The van der Waals surface area contributed by atoms with Gasteiger partial charge in [0, 0.05) is 28.5 Å². The van der Waals surface area contributed by atoms with Gasteiger partial charge in [0.25, 0.3) is 0 Å². The van der Waals surface area contributed by atoms with Gasteiger partial charge in [-0.05, 0) is 30.3 Å². The van der Waals surface area contributed by atoms with Crippen LogP contribution in [-0.4, -0.2) is 27.4 Å². The molecule has 0 aliphatic rings. The number of methoxy groups -OCH3 is 1. The fraction of sp³-hybridized carbons (Fsp3) is 0.105. The molecule has 0 radical (unpaired) electrons. The van der Waals surface area contributed by atoms with Gasteiger partial charge < -0.3 is 10.1 Å². The maximum Gasteiger partial charge on any atom is 0.311 e. The minimum Gasteiger partial charge on any atom is -0.469 e. The summed E-state index contributed by atoms with van der Waals surface area (Å²) in [5, 5.41) is 4.96. The highest BCUT2D eigenvalue weighted by Crippen LogP contribution is 2.35. The van der Waals surface area contributed by atoms with Crippen LogP contribution in [-0.2, 0) is 16.0 Å². The number of ether oxygens (including phenoxy) is 1. The van der Waals surface area contributed by atoms with E-state index in [4.69, 9.17) is 4.74 Å². The molecule has 9 heteroatoms. The zero-order valence-corrected chi connectivity index (χ0v) is 15.5. The fourth-order valence-corrected chi connectivity index (χ4v) is 3.69. The van der Waals surface area contributed by atoms with Crippen LogP contribution >= 0.6 is 11.3 Å². The van der Waals surface area contributed by atoms with E-state index in [1.165, 1.54) is 42.8 Å². The smallest absolute Gasteiger partial charge is 0.311 e. The maximum absolute atomic E-state index is 14.4. The lowest BCUT2D eigenvalue weighted by molar-refractivity contribution is -0.139. The molecule has 4 rings (SSSR count). The molecule has 0 aliphatic carbocycles. The van der Waals surface area contributed by atoms with Crippen molar-refractivity contribution in [2.45, 2.75) is 6.42 Å². The quantitative estimate of drug-likeness (QED) is 0.509. The molecule has 6 nitrogen and oxygen atoms in total. The predicted octanol–water partition coefficient (Wildman–Crippen LogP) is 4.20. The van der Waals surface area contributed by atoms with Gasteiger partial charge in [0.15, 0.2) is 10.8 Å². The number of rotatable bonds is 5. The average Bonchev–Trinajstić information content (AvgIpc) is 3.24. The van der Waals surface area contributed by atoms with E-state index in [2.05, 4.69) is 15.3 Å². The Morgan fingerprint density at radius 2 is 2.04 bits per heavy atom. The molecule has 4 aromatic rings. The van der Waals surface area contributed by atoms with Crippen LogP contribution in [0.1, 0.15) is 5.69 Å². The summed E-state index contributed by atoms with van der Waals surface area (Å²) in [4.78, 5) is 20.7. The number of anilines is 2. The second kappa shape index (κ2) is 7.35. The van der Waals surface area contributed by atoms with E-state index in [0.29, 0.717) is 27.9 Å². The molecular weight excluding hydrogens is 386 g/mol. The van der Waals surface area contributed by atoms with Gasteiger partial charge in [0.2, 0.25) is 0 Å². The number of halogens is 2. The third kappa shape index (κ3) is 3.31. The number of esters is 1. The number of hydrogen-bond acceptors (Lipinski definition) is 6. The number of nitrogens with one attached hydrogen (secondary N) is 1. The van der Waals surface area contributed by atoms with Crippen LogP contribution in [0.3, 0.4) is 0 Å². The first-order valence-electron chi connectivity index (χ1n) is 8.25. The van der Waals surface area contributed by atoms with Crippen LogP contribution in [0, 0.1) is 11.6 Å². The summed E-state index contributed by atoms with van der Waals surface area (Å²) in [6.07, 6.45) is 2.62. The van der Waals surface area contributed by atoms with E-state index in [1.807, 2.05) is 0 Å². The minimum absolute atomic E-state index is 0.0310.